The Bertz CT molecular complexity index is 783. The summed E-state index contributed by atoms with van der Waals surface area (Å²) < 4.78 is 0. The predicted octanol–water partition coefficient (Wildman–Crippen LogP) is 3.28. The minimum absolute atomic E-state index is 0.0499. The van der Waals surface area contributed by atoms with Gasteiger partial charge in [0.15, 0.2) is 5.82 Å². The molecule has 0 saturated heterocycles. The van der Waals surface area contributed by atoms with Crippen LogP contribution in [0.5, 0.6) is 0 Å². The van der Waals surface area contributed by atoms with Crippen molar-refractivity contribution < 1.29 is 14.7 Å². The molecule has 0 spiro atoms. The Balaban J connectivity index is 1.66. The highest BCUT2D eigenvalue weighted by atomic mass is 16.4. The van der Waals surface area contributed by atoms with Crippen LogP contribution >= 0.6 is 0 Å². The van der Waals surface area contributed by atoms with Crippen LogP contribution in [0.25, 0.3) is 11.4 Å². The summed E-state index contributed by atoms with van der Waals surface area (Å²) in [6.45, 7) is 1.91. The molecular weight excluding hydrogens is 318 g/mol. The highest BCUT2D eigenvalue weighted by Gasteiger charge is 2.29. The van der Waals surface area contributed by atoms with Gasteiger partial charge in [-0.3, -0.25) is 9.59 Å². The normalized spacial score (nSPS) is 20.0. The zero-order chi connectivity index (χ0) is 17.8. The fraction of sp³-hybridized carbons (Fsp3) is 0.368. The van der Waals surface area contributed by atoms with Gasteiger partial charge in [0.2, 0.25) is 5.91 Å². The molecule has 0 aliphatic heterocycles. The SMILES string of the molecule is Cc1ccnc(-c2cccc(NC(=O)C3CCC(C(=O)O)CC3)c2)n1. The van der Waals surface area contributed by atoms with E-state index in [9.17, 15) is 9.59 Å². The number of aryl methyl sites for hydroxylation is 1. The molecule has 0 unspecified atom stereocenters. The van der Waals surface area contributed by atoms with Crippen LogP contribution in [0.1, 0.15) is 31.4 Å². The molecular formula is C19H21N3O3. The number of nitrogens with one attached hydrogen (secondary N) is 1. The van der Waals surface area contributed by atoms with E-state index in [2.05, 4.69) is 15.3 Å². The number of carboxylic acid groups (broad SMARTS) is 1. The van der Waals surface area contributed by atoms with Gasteiger partial charge in [0.25, 0.3) is 0 Å². The van der Waals surface area contributed by atoms with Gasteiger partial charge in [-0.1, -0.05) is 12.1 Å². The fourth-order valence-corrected chi connectivity index (χ4v) is 3.17. The van der Waals surface area contributed by atoms with E-state index in [4.69, 9.17) is 5.11 Å². The Morgan fingerprint density at radius 1 is 1.12 bits per heavy atom. The van der Waals surface area contributed by atoms with Crippen molar-refractivity contribution >= 4 is 17.6 Å². The molecule has 25 heavy (non-hydrogen) atoms. The molecule has 6 nitrogen and oxygen atoms in total. The van der Waals surface area contributed by atoms with Crippen LogP contribution < -0.4 is 5.32 Å². The van der Waals surface area contributed by atoms with Crippen molar-refractivity contribution in [1.82, 2.24) is 9.97 Å². The first kappa shape index (κ1) is 17.1. The van der Waals surface area contributed by atoms with Crippen LogP contribution in [0, 0.1) is 18.8 Å². The molecule has 1 fully saturated rings. The number of amides is 1. The maximum Gasteiger partial charge on any atom is 0.306 e. The summed E-state index contributed by atoms with van der Waals surface area (Å²) in [6, 6.07) is 9.29. The van der Waals surface area contributed by atoms with Gasteiger partial charge in [0, 0.05) is 29.1 Å². The molecule has 0 atom stereocenters. The van der Waals surface area contributed by atoms with Gasteiger partial charge in [-0.05, 0) is 50.8 Å². The Labute approximate surface area is 146 Å². The molecule has 1 saturated carbocycles. The van der Waals surface area contributed by atoms with E-state index in [1.807, 2.05) is 37.3 Å². The van der Waals surface area contributed by atoms with Crippen molar-refractivity contribution in [3.05, 3.63) is 42.2 Å². The average molecular weight is 339 g/mol. The van der Waals surface area contributed by atoms with Crippen molar-refractivity contribution in [3.63, 3.8) is 0 Å². The Morgan fingerprint density at radius 3 is 2.52 bits per heavy atom. The van der Waals surface area contributed by atoms with Crippen LogP contribution in [-0.2, 0) is 9.59 Å². The molecule has 130 valence electrons. The number of carbonyl (C=O) groups excluding carboxylic acids is 1. The van der Waals surface area contributed by atoms with Crippen molar-refractivity contribution in [1.29, 1.82) is 0 Å². The van der Waals surface area contributed by atoms with Crippen LogP contribution in [0.4, 0.5) is 5.69 Å². The number of rotatable bonds is 4. The van der Waals surface area contributed by atoms with Crippen molar-refractivity contribution in [3.8, 4) is 11.4 Å². The first-order valence-electron chi connectivity index (χ1n) is 8.46. The standard InChI is InChI=1S/C19H21N3O3/c1-12-9-10-20-17(21-12)15-3-2-4-16(11-15)22-18(23)13-5-7-14(8-6-13)19(24)25/h2-4,9-11,13-14H,5-8H2,1H3,(H,22,23)(H,24,25). The van der Waals surface area contributed by atoms with Gasteiger partial charge in [-0.2, -0.15) is 0 Å². The molecule has 1 aromatic heterocycles. The second kappa shape index (κ2) is 7.42. The minimum Gasteiger partial charge on any atom is -0.481 e. The second-order valence-corrected chi connectivity index (χ2v) is 6.48. The van der Waals surface area contributed by atoms with Crippen LogP contribution in [0.2, 0.25) is 0 Å². The molecule has 3 rings (SSSR count). The highest BCUT2D eigenvalue weighted by Crippen LogP contribution is 2.30. The highest BCUT2D eigenvalue weighted by molar-refractivity contribution is 5.93. The summed E-state index contributed by atoms with van der Waals surface area (Å²) in [4.78, 5) is 32.1. The van der Waals surface area contributed by atoms with Crippen molar-refractivity contribution in [2.45, 2.75) is 32.6 Å². The number of aromatic nitrogens is 2. The van der Waals surface area contributed by atoms with Crippen LogP contribution in [-0.4, -0.2) is 27.0 Å². The number of hydrogen-bond donors (Lipinski definition) is 2. The van der Waals surface area contributed by atoms with Gasteiger partial charge in [0.05, 0.1) is 5.92 Å². The Kier molecular flexibility index (Phi) is 5.07. The number of aliphatic carboxylic acids is 1. The second-order valence-electron chi connectivity index (χ2n) is 6.48. The molecule has 1 aromatic carbocycles. The van der Waals surface area contributed by atoms with E-state index >= 15 is 0 Å². The van der Waals surface area contributed by atoms with Gasteiger partial charge in [-0.25, -0.2) is 9.97 Å². The first-order valence-corrected chi connectivity index (χ1v) is 8.46. The first-order chi connectivity index (χ1) is 12.0. The van der Waals surface area contributed by atoms with E-state index in [0.29, 0.717) is 37.2 Å². The number of carboxylic acids is 1. The van der Waals surface area contributed by atoms with Gasteiger partial charge in [-0.15, -0.1) is 0 Å². The number of hydrogen-bond acceptors (Lipinski definition) is 4. The van der Waals surface area contributed by atoms with Gasteiger partial charge < -0.3 is 10.4 Å². The zero-order valence-corrected chi connectivity index (χ0v) is 14.1. The van der Waals surface area contributed by atoms with Crippen LogP contribution in [0.15, 0.2) is 36.5 Å². The zero-order valence-electron chi connectivity index (χ0n) is 14.1. The fourth-order valence-electron chi connectivity index (χ4n) is 3.17. The summed E-state index contributed by atoms with van der Waals surface area (Å²) in [6.07, 6.45) is 4.06. The third-order valence-electron chi connectivity index (χ3n) is 4.63. The quantitative estimate of drug-likeness (QED) is 0.892. The van der Waals surface area contributed by atoms with Gasteiger partial charge >= 0.3 is 5.97 Å². The van der Waals surface area contributed by atoms with Crippen molar-refractivity contribution in [2.24, 2.45) is 11.8 Å². The molecule has 6 heteroatoms. The molecule has 1 aliphatic rings. The smallest absolute Gasteiger partial charge is 0.306 e. The Hall–Kier alpha value is -2.76. The molecule has 0 radical (unpaired) electrons. The molecule has 2 N–H and O–H groups in total. The number of benzene rings is 1. The van der Waals surface area contributed by atoms with E-state index in [1.54, 1.807) is 6.20 Å². The Morgan fingerprint density at radius 2 is 1.84 bits per heavy atom. The molecule has 2 aromatic rings. The minimum atomic E-state index is -0.760. The predicted molar refractivity (Wildman–Crippen MR) is 93.9 cm³/mol. The third-order valence-corrected chi connectivity index (χ3v) is 4.63. The lowest BCUT2D eigenvalue weighted by molar-refractivity contribution is -0.143. The maximum absolute atomic E-state index is 12.5. The summed E-state index contributed by atoms with van der Waals surface area (Å²) in [5.74, 6) is -0.630. The molecule has 1 heterocycles. The summed E-state index contributed by atoms with van der Waals surface area (Å²) in [5.41, 5.74) is 2.43. The number of nitrogens with zero attached hydrogens (tertiary/aromatic N) is 2. The number of carbonyl (C=O) groups is 2. The molecule has 1 aliphatic carbocycles. The van der Waals surface area contributed by atoms with E-state index in [0.717, 1.165) is 11.3 Å². The largest absolute Gasteiger partial charge is 0.481 e. The van der Waals surface area contributed by atoms with Gasteiger partial charge in [0.1, 0.15) is 0 Å². The summed E-state index contributed by atoms with van der Waals surface area (Å²) >= 11 is 0. The lowest BCUT2D eigenvalue weighted by Crippen LogP contribution is -2.29. The monoisotopic (exact) mass is 339 g/mol. The lowest BCUT2D eigenvalue weighted by Gasteiger charge is -2.25. The van der Waals surface area contributed by atoms with E-state index < -0.39 is 5.97 Å². The average Bonchev–Trinajstić information content (AvgIpc) is 2.62. The topological polar surface area (TPSA) is 92.2 Å². The van der Waals surface area contributed by atoms with Crippen molar-refractivity contribution in [2.75, 3.05) is 5.32 Å². The molecule has 1 amide bonds. The summed E-state index contributed by atoms with van der Waals surface area (Å²) in [5, 5.41) is 12.0. The van der Waals surface area contributed by atoms with Crippen LogP contribution in [0.3, 0.4) is 0 Å². The maximum atomic E-state index is 12.5. The number of anilines is 1. The molecule has 0 bridgehead atoms. The van der Waals surface area contributed by atoms with E-state index in [1.165, 1.54) is 0 Å². The van der Waals surface area contributed by atoms with E-state index in [-0.39, 0.29) is 17.7 Å². The lowest BCUT2D eigenvalue weighted by atomic mass is 9.81. The third kappa shape index (κ3) is 4.21. The summed E-state index contributed by atoms with van der Waals surface area (Å²) in [7, 11) is 0.